The van der Waals surface area contributed by atoms with Crippen molar-refractivity contribution in [1.29, 1.82) is 0 Å². The van der Waals surface area contributed by atoms with E-state index < -0.39 is 11.7 Å². The molecule has 1 heterocycles. The van der Waals surface area contributed by atoms with E-state index in [9.17, 15) is 14.3 Å². The molecule has 1 aliphatic heterocycles. The number of halogens is 1. The fourth-order valence-electron chi connectivity index (χ4n) is 2.60. The van der Waals surface area contributed by atoms with Gasteiger partial charge in [0, 0.05) is 13.1 Å². The Labute approximate surface area is 112 Å². The first-order valence-corrected chi connectivity index (χ1v) is 6.60. The number of carbonyl (C=O) groups is 1. The van der Waals surface area contributed by atoms with Crippen molar-refractivity contribution in [2.45, 2.75) is 19.3 Å². The van der Waals surface area contributed by atoms with E-state index in [2.05, 4.69) is 0 Å². The lowest BCUT2D eigenvalue weighted by Crippen LogP contribution is -2.40. The van der Waals surface area contributed by atoms with Crippen LogP contribution in [0.5, 0.6) is 5.75 Å². The molecule has 1 aromatic rings. The minimum absolute atomic E-state index is 0.226. The molecule has 104 valence electrons. The number of likely N-dealkylation sites (tertiary alicyclic amines) is 1. The molecule has 0 radical (unpaired) electrons. The molecule has 19 heavy (non-hydrogen) atoms. The Morgan fingerprint density at radius 2 is 2.32 bits per heavy atom. The molecule has 3 N–H and O–H groups in total. The van der Waals surface area contributed by atoms with Crippen molar-refractivity contribution < 1.29 is 14.3 Å². The summed E-state index contributed by atoms with van der Waals surface area (Å²) in [6, 6.07) is 3.90. The molecule has 0 saturated carbocycles. The maximum atomic E-state index is 13.7. The molecule has 2 rings (SSSR count). The second-order valence-corrected chi connectivity index (χ2v) is 4.97. The quantitative estimate of drug-likeness (QED) is 0.875. The summed E-state index contributed by atoms with van der Waals surface area (Å²) >= 11 is 0. The highest BCUT2D eigenvalue weighted by molar-refractivity contribution is 5.97. The predicted molar refractivity (Wildman–Crippen MR) is 70.4 cm³/mol. The van der Waals surface area contributed by atoms with Gasteiger partial charge in [-0.25, -0.2) is 4.39 Å². The molecule has 1 aliphatic rings. The number of hydrogen-bond acceptors (Lipinski definition) is 3. The molecule has 1 atom stereocenters. The molecule has 5 heteroatoms. The fourth-order valence-corrected chi connectivity index (χ4v) is 2.60. The molecule has 4 nitrogen and oxygen atoms in total. The lowest BCUT2D eigenvalue weighted by molar-refractivity contribution is 0.0661. The number of aromatic hydroxyl groups is 1. The molecule has 1 amide bonds. The zero-order valence-corrected chi connectivity index (χ0v) is 10.8. The summed E-state index contributed by atoms with van der Waals surface area (Å²) in [5, 5.41) is 9.65. The van der Waals surface area contributed by atoms with Crippen LogP contribution in [0, 0.1) is 11.7 Å². The lowest BCUT2D eigenvalue weighted by atomic mass is 9.94. The Kier molecular flexibility index (Phi) is 4.37. The zero-order chi connectivity index (χ0) is 13.8. The molecule has 0 bridgehead atoms. The van der Waals surface area contributed by atoms with Gasteiger partial charge in [0.15, 0.2) is 0 Å². The van der Waals surface area contributed by atoms with E-state index in [4.69, 9.17) is 5.73 Å². The van der Waals surface area contributed by atoms with E-state index in [1.807, 2.05) is 0 Å². The normalized spacial score (nSPS) is 19.5. The van der Waals surface area contributed by atoms with E-state index >= 15 is 0 Å². The highest BCUT2D eigenvalue weighted by Crippen LogP contribution is 2.25. The van der Waals surface area contributed by atoms with Gasteiger partial charge in [-0.3, -0.25) is 4.79 Å². The number of nitrogens with two attached hydrogens (primary N) is 1. The lowest BCUT2D eigenvalue weighted by Gasteiger charge is -2.32. The number of piperidine rings is 1. The van der Waals surface area contributed by atoms with Crippen LogP contribution in [0.25, 0.3) is 0 Å². The Balaban J connectivity index is 2.15. The third-order valence-electron chi connectivity index (χ3n) is 3.59. The van der Waals surface area contributed by atoms with Crippen molar-refractivity contribution in [3.8, 4) is 5.75 Å². The van der Waals surface area contributed by atoms with Gasteiger partial charge in [-0.15, -0.1) is 0 Å². The van der Waals surface area contributed by atoms with Crippen molar-refractivity contribution in [2.24, 2.45) is 11.7 Å². The third-order valence-corrected chi connectivity index (χ3v) is 3.59. The van der Waals surface area contributed by atoms with Crippen LogP contribution in [0.2, 0.25) is 0 Å². The first-order chi connectivity index (χ1) is 9.13. The number of carbonyl (C=O) groups excluding carboxylic acids is 1. The maximum Gasteiger partial charge on any atom is 0.260 e. The van der Waals surface area contributed by atoms with Crippen molar-refractivity contribution in [1.82, 2.24) is 4.90 Å². The number of phenols is 1. The number of phenolic OH excluding ortho intramolecular Hbond substituents is 1. The van der Waals surface area contributed by atoms with Crippen LogP contribution in [-0.2, 0) is 0 Å². The van der Waals surface area contributed by atoms with Crippen LogP contribution in [-0.4, -0.2) is 35.5 Å². The minimum Gasteiger partial charge on any atom is -0.507 e. The molecule has 0 spiro atoms. The van der Waals surface area contributed by atoms with E-state index in [1.54, 1.807) is 4.90 Å². The summed E-state index contributed by atoms with van der Waals surface area (Å²) in [6.45, 7) is 1.79. The van der Waals surface area contributed by atoms with E-state index in [1.165, 1.54) is 18.2 Å². The molecular weight excluding hydrogens is 247 g/mol. The van der Waals surface area contributed by atoms with Crippen LogP contribution in [0.15, 0.2) is 18.2 Å². The summed E-state index contributed by atoms with van der Waals surface area (Å²) < 4.78 is 13.7. The number of rotatable bonds is 3. The number of nitrogens with zero attached hydrogens (tertiary/aromatic N) is 1. The molecule has 1 unspecified atom stereocenters. The number of hydrogen-bond donors (Lipinski definition) is 2. The van der Waals surface area contributed by atoms with Crippen LogP contribution in [0.3, 0.4) is 0 Å². The Morgan fingerprint density at radius 1 is 1.53 bits per heavy atom. The highest BCUT2D eigenvalue weighted by Gasteiger charge is 2.27. The first-order valence-electron chi connectivity index (χ1n) is 6.60. The molecule has 1 fully saturated rings. The van der Waals surface area contributed by atoms with Crippen LogP contribution in [0.4, 0.5) is 4.39 Å². The van der Waals surface area contributed by atoms with Crippen molar-refractivity contribution in [2.75, 3.05) is 19.6 Å². The number of amides is 1. The zero-order valence-electron chi connectivity index (χ0n) is 10.8. The Hall–Kier alpha value is -1.62. The summed E-state index contributed by atoms with van der Waals surface area (Å²) in [7, 11) is 0. The van der Waals surface area contributed by atoms with Crippen molar-refractivity contribution in [3.05, 3.63) is 29.6 Å². The third kappa shape index (κ3) is 3.04. The summed E-state index contributed by atoms with van der Waals surface area (Å²) in [6.07, 6.45) is 2.81. The first kappa shape index (κ1) is 13.8. The van der Waals surface area contributed by atoms with Gasteiger partial charge in [0.1, 0.15) is 17.1 Å². The maximum absolute atomic E-state index is 13.7. The Bertz CT molecular complexity index is 443. The van der Waals surface area contributed by atoms with E-state index in [0.717, 1.165) is 19.3 Å². The van der Waals surface area contributed by atoms with Crippen molar-refractivity contribution >= 4 is 5.91 Å². The van der Waals surface area contributed by atoms with Crippen molar-refractivity contribution in [3.63, 3.8) is 0 Å². The topological polar surface area (TPSA) is 66.6 Å². The standard InChI is InChI=1S/C14H19FN2O2/c15-11-4-1-5-12(18)13(11)14(19)17-8-2-3-10(9-17)6-7-16/h1,4-5,10,18H,2-3,6-9,16H2. The van der Waals surface area contributed by atoms with Crippen LogP contribution < -0.4 is 5.73 Å². The van der Waals surface area contributed by atoms with Gasteiger partial charge >= 0.3 is 0 Å². The van der Waals surface area contributed by atoms with Gasteiger partial charge in [0.25, 0.3) is 5.91 Å². The summed E-state index contributed by atoms with van der Waals surface area (Å²) in [5.41, 5.74) is 5.31. The van der Waals surface area contributed by atoms with Gasteiger partial charge in [-0.05, 0) is 43.9 Å². The van der Waals surface area contributed by atoms with Gasteiger partial charge in [0.2, 0.25) is 0 Å². The largest absolute Gasteiger partial charge is 0.507 e. The smallest absolute Gasteiger partial charge is 0.260 e. The Morgan fingerprint density at radius 3 is 3.00 bits per heavy atom. The molecular formula is C14H19FN2O2. The average Bonchev–Trinajstić information content (AvgIpc) is 2.39. The average molecular weight is 266 g/mol. The minimum atomic E-state index is -0.675. The van der Waals surface area contributed by atoms with Gasteiger partial charge in [-0.2, -0.15) is 0 Å². The van der Waals surface area contributed by atoms with E-state index in [-0.39, 0.29) is 11.3 Å². The predicted octanol–water partition coefficient (Wildman–Crippen LogP) is 1.73. The van der Waals surface area contributed by atoms with Crippen LogP contribution in [0.1, 0.15) is 29.6 Å². The SMILES string of the molecule is NCCC1CCCN(C(=O)c2c(O)cccc2F)C1. The molecule has 1 saturated heterocycles. The molecule has 0 aliphatic carbocycles. The van der Waals surface area contributed by atoms with Gasteiger partial charge in [-0.1, -0.05) is 6.07 Å². The van der Waals surface area contributed by atoms with Gasteiger partial charge < -0.3 is 15.7 Å². The summed E-state index contributed by atoms with van der Waals surface area (Å²) in [5.74, 6) is -1.04. The summed E-state index contributed by atoms with van der Waals surface area (Å²) in [4.78, 5) is 13.9. The highest BCUT2D eigenvalue weighted by atomic mass is 19.1. The fraction of sp³-hybridized carbons (Fsp3) is 0.500. The number of benzene rings is 1. The second-order valence-electron chi connectivity index (χ2n) is 4.97. The monoisotopic (exact) mass is 266 g/mol. The van der Waals surface area contributed by atoms with Crippen LogP contribution >= 0.6 is 0 Å². The van der Waals surface area contributed by atoms with Gasteiger partial charge in [0.05, 0.1) is 0 Å². The van der Waals surface area contributed by atoms with E-state index in [0.29, 0.717) is 25.6 Å². The second kappa shape index (κ2) is 6.02. The molecule has 1 aromatic carbocycles. The molecule has 0 aromatic heterocycles.